The van der Waals surface area contributed by atoms with Crippen LogP contribution in [0, 0.1) is 0 Å². The van der Waals surface area contributed by atoms with Gasteiger partial charge in [0.2, 0.25) is 0 Å². The van der Waals surface area contributed by atoms with Gasteiger partial charge in [0.1, 0.15) is 5.82 Å². The van der Waals surface area contributed by atoms with Crippen molar-refractivity contribution in [3.63, 3.8) is 0 Å². The highest BCUT2D eigenvalue weighted by Crippen LogP contribution is 2.22. The minimum Gasteiger partial charge on any atom is -0.384 e. The van der Waals surface area contributed by atoms with Gasteiger partial charge < -0.3 is 15.0 Å². The topological polar surface area (TPSA) is 66.0 Å². The van der Waals surface area contributed by atoms with Crippen molar-refractivity contribution in [2.45, 2.75) is 38.3 Å². The molecule has 5 heteroatoms. The van der Waals surface area contributed by atoms with Crippen molar-refractivity contribution in [1.29, 1.82) is 0 Å². The number of hydrogen-bond acceptors (Lipinski definition) is 4. The van der Waals surface area contributed by atoms with Gasteiger partial charge in [-0.3, -0.25) is 0 Å². The molecule has 1 atom stereocenters. The average molecular weight is 272 g/mol. The molecule has 0 spiro atoms. The Bertz CT molecular complexity index is 561. The summed E-state index contributed by atoms with van der Waals surface area (Å²) in [7, 11) is 0. The first kappa shape index (κ1) is 13.1. The van der Waals surface area contributed by atoms with Crippen molar-refractivity contribution in [3.05, 3.63) is 30.9 Å². The molecule has 0 bridgehead atoms. The number of nitrogen functional groups attached to an aromatic ring is 1. The molecule has 1 fully saturated rings. The quantitative estimate of drug-likeness (QED) is 0.928. The van der Waals surface area contributed by atoms with Crippen molar-refractivity contribution in [2.24, 2.45) is 0 Å². The van der Waals surface area contributed by atoms with E-state index in [1.807, 2.05) is 24.7 Å². The summed E-state index contributed by atoms with van der Waals surface area (Å²) in [5, 5.41) is 0. The molecule has 0 radical (unpaired) electrons. The summed E-state index contributed by atoms with van der Waals surface area (Å²) in [6.07, 6.45) is 10.5. The number of ether oxygens (including phenoxy) is 1. The lowest BCUT2D eigenvalue weighted by Crippen LogP contribution is -2.20. The lowest BCUT2D eigenvalue weighted by molar-refractivity contribution is 0.00887. The fourth-order valence-corrected chi connectivity index (χ4v) is 2.67. The highest BCUT2D eigenvalue weighted by atomic mass is 16.5. The molecule has 1 unspecified atom stereocenters. The third-order valence-corrected chi connectivity index (χ3v) is 3.76. The molecule has 2 aromatic rings. The Hall–Kier alpha value is -1.88. The van der Waals surface area contributed by atoms with Crippen LogP contribution in [-0.2, 0) is 11.3 Å². The van der Waals surface area contributed by atoms with Gasteiger partial charge in [0.15, 0.2) is 0 Å². The summed E-state index contributed by atoms with van der Waals surface area (Å²) in [5.41, 5.74) is 7.88. The van der Waals surface area contributed by atoms with E-state index >= 15 is 0 Å². The van der Waals surface area contributed by atoms with E-state index in [0.29, 0.717) is 11.9 Å². The van der Waals surface area contributed by atoms with E-state index in [9.17, 15) is 0 Å². The van der Waals surface area contributed by atoms with Crippen LogP contribution in [0.3, 0.4) is 0 Å². The van der Waals surface area contributed by atoms with Gasteiger partial charge in [0, 0.05) is 24.9 Å². The van der Waals surface area contributed by atoms with Crippen LogP contribution >= 0.6 is 0 Å². The van der Waals surface area contributed by atoms with Gasteiger partial charge in [0.25, 0.3) is 0 Å². The highest BCUT2D eigenvalue weighted by molar-refractivity contribution is 5.61. The Kier molecular flexibility index (Phi) is 3.97. The second kappa shape index (κ2) is 6.05. The first-order valence-corrected chi connectivity index (χ1v) is 7.16. The van der Waals surface area contributed by atoms with Gasteiger partial charge in [0.05, 0.1) is 24.3 Å². The summed E-state index contributed by atoms with van der Waals surface area (Å²) < 4.78 is 7.94. The maximum Gasteiger partial charge on any atom is 0.123 e. The molecule has 3 heterocycles. The molecular weight excluding hydrogens is 252 g/mol. The van der Waals surface area contributed by atoms with Gasteiger partial charge in [-0.15, -0.1) is 0 Å². The zero-order valence-corrected chi connectivity index (χ0v) is 11.5. The lowest BCUT2D eigenvalue weighted by atomic mass is 10.1. The predicted octanol–water partition coefficient (Wildman–Crippen LogP) is 2.49. The minimum atomic E-state index is 0.390. The standard InChI is InChI=1S/C15H20N4O/c16-15-9-12(4-6-18-15)14-10-17-11-19(14)7-5-13-3-1-2-8-20-13/h4,6,9-11,13H,1-3,5,7-8H2,(H2,16,18). The lowest BCUT2D eigenvalue weighted by Gasteiger charge is -2.22. The van der Waals surface area contributed by atoms with Crippen LogP contribution in [0.25, 0.3) is 11.3 Å². The number of nitrogens with two attached hydrogens (primary N) is 1. The summed E-state index contributed by atoms with van der Waals surface area (Å²) in [6.45, 7) is 1.82. The summed E-state index contributed by atoms with van der Waals surface area (Å²) in [6, 6.07) is 3.84. The molecule has 2 N–H and O–H groups in total. The van der Waals surface area contributed by atoms with Crippen molar-refractivity contribution in [2.75, 3.05) is 12.3 Å². The van der Waals surface area contributed by atoms with Gasteiger partial charge in [-0.05, 0) is 37.8 Å². The van der Waals surface area contributed by atoms with Crippen molar-refractivity contribution < 1.29 is 4.74 Å². The van der Waals surface area contributed by atoms with E-state index in [1.54, 1.807) is 6.20 Å². The smallest absolute Gasteiger partial charge is 0.123 e. The van der Waals surface area contributed by atoms with Crippen LogP contribution < -0.4 is 5.73 Å². The van der Waals surface area contributed by atoms with Crippen molar-refractivity contribution in [3.8, 4) is 11.3 Å². The summed E-state index contributed by atoms with van der Waals surface area (Å²) in [5.74, 6) is 0.533. The maximum absolute atomic E-state index is 5.78. The molecule has 5 nitrogen and oxygen atoms in total. The predicted molar refractivity (Wildman–Crippen MR) is 78.1 cm³/mol. The van der Waals surface area contributed by atoms with E-state index < -0.39 is 0 Å². The monoisotopic (exact) mass is 272 g/mol. The van der Waals surface area contributed by atoms with Crippen LogP contribution in [-0.4, -0.2) is 27.2 Å². The Balaban J connectivity index is 1.70. The Morgan fingerprint density at radius 1 is 1.40 bits per heavy atom. The van der Waals surface area contributed by atoms with E-state index in [1.165, 1.54) is 19.3 Å². The molecule has 3 rings (SSSR count). The van der Waals surface area contributed by atoms with Gasteiger partial charge in [-0.1, -0.05) is 0 Å². The Morgan fingerprint density at radius 3 is 3.15 bits per heavy atom. The highest BCUT2D eigenvalue weighted by Gasteiger charge is 2.14. The first-order chi connectivity index (χ1) is 9.83. The fraction of sp³-hybridized carbons (Fsp3) is 0.467. The number of aromatic nitrogens is 3. The molecule has 0 aromatic carbocycles. The number of anilines is 1. The van der Waals surface area contributed by atoms with Crippen LogP contribution in [0.2, 0.25) is 0 Å². The number of rotatable bonds is 4. The largest absolute Gasteiger partial charge is 0.384 e. The van der Waals surface area contributed by atoms with Crippen LogP contribution in [0.1, 0.15) is 25.7 Å². The summed E-state index contributed by atoms with van der Waals surface area (Å²) in [4.78, 5) is 8.28. The van der Waals surface area contributed by atoms with Gasteiger partial charge in [-0.25, -0.2) is 9.97 Å². The second-order valence-corrected chi connectivity index (χ2v) is 5.22. The van der Waals surface area contributed by atoms with Gasteiger partial charge >= 0.3 is 0 Å². The molecule has 0 saturated carbocycles. The van der Waals surface area contributed by atoms with Crippen molar-refractivity contribution >= 4 is 5.82 Å². The zero-order valence-electron chi connectivity index (χ0n) is 11.5. The van der Waals surface area contributed by atoms with E-state index in [4.69, 9.17) is 10.5 Å². The average Bonchev–Trinajstić information content (AvgIpc) is 2.95. The second-order valence-electron chi connectivity index (χ2n) is 5.22. The molecule has 106 valence electrons. The van der Waals surface area contributed by atoms with Crippen molar-refractivity contribution in [1.82, 2.24) is 14.5 Å². The van der Waals surface area contributed by atoms with Crippen LogP contribution in [0.5, 0.6) is 0 Å². The molecule has 2 aromatic heterocycles. The molecule has 1 aliphatic rings. The third-order valence-electron chi connectivity index (χ3n) is 3.76. The summed E-state index contributed by atoms with van der Waals surface area (Å²) >= 11 is 0. The SMILES string of the molecule is Nc1cc(-c2cncn2CCC2CCCCO2)ccn1. The minimum absolute atomic E-state index is 0.390. The van der Waals surface area contributed by atoms with E-state index in [-0.39, 0.29) is 0 Å². The van der Waals surface area contributed by atoms with Crippen LogP contribution in [0.15, 0.2) is 30.9 Å². The van der Waals surface area contributed by atoms with Gasteiger partial charge in [-0.2, -0.15) is 0 Å². The third kappa shape index (κ3) is 2.99. The number of nitrogens with zero attached hydrogens (tertiary/aromatic N) is 3. The number of imidazole rings is 1. The number of hydrogen-bond donors (Lipinski definition) is 1. The van der Waals surface area contributed by atoms with E-state index in [2.05, 4.69) is 14.5 Å². The van der Waals surface area contributed by atoms with E-state index in [0.717, 1.165) is 30.8 Å². The molecule has 20 heavy (non-hydrogen) atoms. The molecule has 0 amide bonds. The molecule has 1 aliphatic heterocycles. The molecular formula is C15H20N4O. The first-order valence-electron chi connectivity index (χ1n) is 7.16. The normalized spacial score (nSPS) is 19.1. The number of aryl methyl sites for hydroxylation is 1. The maximum atomic E-state index is 5.78. The molecule has 1 saturated heterocycles. The van der Waals surface area contributed by atoms with Crippen LogP contribution in [0.4, 0.5) is 5.82 Å². The fourth-order valence-electron chi connectivity index (χ4n) is 2.67. The number of pyridine rings is 1. The Labute approximate surface area is 118 Å². The zero-order chi connectivity index (χ0) is 13.8. The Morgan fingerprint density at radius 2 is 2.35 bits per heavy atom. The molecule has 0 aliphatic carbocycles.